The first-order chi connectivity index (χ1) is 15.6. The Morgan fingerprint density at radius 2 is 2.00 bits per heavy atom. The van der Waals surface area contributed by atoms with Gasteiger partial charge in [0.15, 0.2) is 11.6 Å². The van der Waals surface area contributed by atoms with Gasteiger partial charge in [0.2, 0.25) is 0 Å². The maximum absolute atomic E-state index is 12.4. The number of carbonyl (C=O) groups is 2. The third-order valence-corrected chi connectivity index (χ3v) is 5.60. The minimum Gasteiger partial charge on any atom is -0.497 e. The summed E-state index contributed by atoms with van der Waals surface area (Å²) in [4.78, 5) is 26.4. The molecule has 0 radical (unpaired) electrons. The van der Waals surface area contributed by atoms with Gasteiger partial charge in [-0.25, -0.2) is 4.68 Å². The lowest BCUT2D eigenvalue weighted by molar-refractivity contribution is -0.117. The first-order valence-corrected chi connectivity index (χ1v) is 10.7. The molecule has 9 nitrogen and oxygen atoms in total. The smallest absolute Gasteiger partial charge is 0.184 e. The molecule has 1 aliphatic heterocycles. The molecule has 1 unspecified atom stereocenters. The third-order valence-electron chi connectivity index (χ3n) is 5.60. The Balaban J connectivity index is 1.33. The minimum atomic E-state index is -0.00601. The van der Waals surface area contributed by atoms with Gasteiger partial charge in [-0.2, -0.15) is 5.10 Å². The molecule has 166 valence electrons. The van der Waals surface area contributed by atoms with Gasteiger partial charge < -0.3 is 9.64 Å². The monoisotopic (exact) mass is 434 g/mol. The van der Waals surface area contributed by atoms with Crippen LogP contribution in [0, 0.1) is 0 Å². The zero-order valence-electron chi connectivity index (χ0n) is 18.3. The number of nitrogens with zero attached hydrogens (tertiary/aromatic N) is 6. The fourth-order valence-corrected chi connectivity index (χ4v) is 3.82. The van der Waals surface area contributed by atoms with Crippen molar-refractivity contribution in [3.63, 3.8) is 0 Å². The van der Waals surface area contributed by atoms with Crippen molar-refractivity contribution in [3.05, 3.63) is 59.5 Å². The van der Waals surface area contributed by atoms with Crippen LogP contribution in [-0.2, 0) is 17.6 Å². The number of anilines is 1. The van der Waals surface area contributed by atoms with Gasteiger partial charge in [-0.15, -0.1) is 10.2 Å². The highest BCUT2D eigenvalue weighted by atomic mass is 16.5. The number of carbonyl (C=O) groups excluding carboxylic acids is 2. The van der Waals surface area contributed by atoms with E-state index in [1.165, 1.54) is 0 Å². The topological polar surface area (TPSA) is 103 Å². The molecule has 1 fully saturated rings. The van der Waals surface area contributed by atoms with Crippen LogP contribution in [0.1, 0.15) is 47.6 Å². The Morgan fingerprint density at radius 1 is 1.12 bits per heavy atom. The van der Waals surface area contributed by atoms with Crippen molar-refractivity contribution in [2.75, 3.05) is 25.1 Å². The average molecular weight is 435 g/mol. The minimum absolute atomic E-state index is 0.00601. The van der Waals surface area contributed by atoms with Crippen LogP contribution in [0.15, 0.2) is 42.6 Å². The number of methoxy groups -OCH3 is 1. The summed E-state index contributed by atoms with van der Waals surface area (Å²) in [6.07, 6.45) is 3.59. The summed E-state index contributed by atoms with van der Waals surface area (Å²) in [5, 5.41) is 16.7. The summed E-state index contributed by atoms with van der Waals surface area (Å²) in [5.74, 6) is 1.57. The number of benzene rings is 1. The van der Waals surface area contributed by atoms with Gasteiger partial charge >= 0.3 is 0 Å². The Bertz CT molecular complexity index is 1100. The summed E-state index contributed by atoms with van der Waals surface area (Å²) in [6.45, 7) is 3.34. The molecule has 3 aromatic rings. The molecular weight excluding hydrogens is 408 g/mol. The fourth-order valence-electron chi connectivity index (χ4n) is 3.82. The number of ether oxygens (including phenoxy) is 1. The van der Waals surface area contributed by atoms with Crippen molar-refractivity contribution in [3.8, 4) is 5.75 Å². The van der Waals surface area contributed by atoms with Crippen molar-refractivity contribution < 1.29 is 14.3 Å². The molecule has 3 heterocycles. The molecule has 4 rings (SSSR count). The molecule has 1 atom stereocenters. The molecule has 0 N–H and O–H groups in total. The molecule has 0 aliphatic carbocycles. The highest BCUT2D eigenvalue weighted by molar-refractivity contribution is 5.93. The fraction of sp³-hybridized carbons (Fsp3) is 0.391. The molecule has 1 aromatic carbocycles. The predicted octanol–water partition coefficient (Wildman–Crippen LogP) is 2.48. The van der Waals surface area contributed by atoms with E-state index in [9.17, 15) is 9.59 Å². The maximum atomic E-state index is 12.4. The van der Waals surface area contributed by atoms with E-state index in [1.807, 2.05) is 43.3 Å². The van der Waals surface area contributed by atoms with Crippen LogP contribution in [0.5, 0.6) is 5.75 Å². The van der Waals surface area contributed by atoms with E-state index in [0.29, 0.717) is 30.8 Å². The standard InChI is InChI=1S/C23H26N6O3/c1-3-22(31)21-15-29(27-25-21)18-9-10-28(14-18)23-8-7-17(24-26-23)13-19(30)11-16-5-4-6-20(12-16)32-2/h4-8,12,15,18H,3,9-11,13-14H2,1-2H3. The zero-order chi connectivity index (χ0) is 22.5. The first-order valence-electron chi connectivity index (χ1n) is 10.7. The molecule has 9 heteroatoms. The average Bonchev–Trinajstić information content (AvgIpc) is 3.49. The molecule has 1 saturated heterocycles. The molecular formula is C23H26N6O3. The molecule has 0 amide bonds. The second-order valence-corrected chi connectivity index (χ2v) is 7.88. The number of hydrogen-bond donors (Lipinski definition) is 0. The largest absolute Gasteiger partial charge is 0.497 e. The van der Waals surface area contributed by atoms with Crippen LogP contribution in [-0.4, -0.2) is 57.0 Å². The second-order valence-electron chi connectivity index (χ2n) is 7.88. The Morgan fingerprint density at radius 3 is 2.75 bits per heavy atom. The second kappa shape index (κ2) is 9.67. The number of rotatable bonds is 9. The van der Waals surface area contributed by atoms with Crippen molar-refractivity contribution >= 4 is 17.4 Å². The van der Waals surface area contributed by atoms with E-state index in [0.717, 1.165) is 30.1 Å². The van der Waals surface area contributed by atoms with E-state index in [2.05, 4.69) is 25.4 Å². The normalized spacial score (nSPS) is 15.7. The van der Waals surface area contributed by atoms with Crippen LogP contribution in [0.4, 0.5) is 5.82 Å². The predicted molar refractivity (Wildman–Crippen MR) is 118 cm³/mol. The Kier molecular flexibility index (Phi) is 6.53. The summed E-state index contributed by atoms with van der Waals surface area (Å²) >= 11 is 0. The molecule has 0 bridgehead atoms. The lowest BCUT2D eigenvalue weighted by atomic mass is 10.1. The lowest BCUT2D eigenvalue weighted by Gasteiger charge is -2.16. The van der Waals surface area contributed by atoms with Gasteiger partial charge in [0.25, 0.3) is 0 Å². The third kappa shape index (κ3) is 4.99. The molecule has 1 aliphatic rings. The van der Waals surface area contributed by atoms with Crippen molar-refractivity contribution in [1.82, 2.24) is 25.2 Å². The number of ketones is 2. The number of Topliss-reactive ketones (excluding diaryl/α,β-unsaturated/α-hetero) is 2. The highest BCUT2D eigenvalue weighted by Gasteiger charge is 2.26. The van der Waals surface area contributed by atoms with E-state index < -0.39 is 0 Å². The summed E-state index contributed by atoms with van der Waals surface area (Å²) in [6, 6.07) is 11.4. The zero-order valence-corrected chi connectivity index (χ0v) is 18.3. The SMILES string of the molecule is CCC(=O)c1cn(C2CCN(c3ccc(CC(=O)Cc4cccc(OC)c4)nn3)C2)nn1. The Labute approximate surface area is 186 Å². The number of hydrogen-bond acceptors (Lipinski definition) is 8. The van der Waals surface area contributed by atoms with Crippen molar-refractivity contribution in [2.45, 2.75) is 38.6 Å². The van der Waals surface area contributed by atoms with E-state index in [-0.39, 0.29) is 24.0 Å². The van der Waals surface area contributed by atoms with Crippen LogP contribution >= 0.6 is 0 Å². The van der Waals surface area contributed by atoms with E-state index >= 15 is 0 Å². The molecule has 2 aromatic heterocycles. The summed E-state index contributed by atoms with van der Waals surface area (Å²) < 4.78 is 6.97. The quantitative estimate of drug-likeness (QED) is 0.473. The van der Waals surface area contributed by atoms with Gasteiger partial charge in [-0.1, -0.05) is 24.3 Å². The van der Waals surface area contributed by atoms with Gasteiger partial charge in [0.05, 0.1) is 31.5 Å². The first kappa shape index (κ1) is 21.6. The lowest BCUT2D eigenvalue weighted by Crippen LogP contribution is -2.22. The highest BCUT2D eigenvalue weighted by Crippen LogP contribution is 2.25. The van der Waals surface area contributed by atoms with E-state index in [1.54, 1.807) is 18.0 Å². The summed E-state index contributed by atoms with van der Waals surface area (Å²) in [5.41, 5.74) is 1.98. The van der Waals surface area contributed by atoms with Gasteiger partial charge in [0.1, 0.15) is 17.2 Å². The molecule has 32 heavy (non-hydrogen) atoms. The van der Waals surface area contributed by atoms with Crippen LogP contribution in [0.2, 0.25) is 0 Å². The summed E-state index contributed by atoms with van der Waals surface area (Å²) in [7, 11) is 1.61. The van der Waals surface area contributed by atoms with Crippen LogP contribution in [0.3, 0.4) is 0 Å². The van der Waals surface area contributed by atoms with Crippen molar-refractivity contribution in [1.29, 1.82) is 0 Å². The molecule has 0 saturated carbocycles. The van der Waals surface area contributed by atoms with Crippen LogP contribution < -0.4 is 9.64 Å². The van der Waals surface area contributed by atoms with Crippen molar-refractivity contribution in [2.24, 2.45) is 0 Å². The molecule has 0 spiro atoms. The number of aromatic nitrogens is 5. The van der Waals surface area contributed by atoms with Gasteiger partial charge in [0, 0.05) is 25.9 Å². The van der Waals surface area contributed by atoms with Gasteiger partial charge in [-0.05, 0) is 36.2 Å². The Hall–Kier alpha value is -3.62. The van der Waals surface area contributed by atoms with Crippen LogP contribution in [0.25, 0.3) is 0 Å². The maximum Gasteiger partial charge on any atom is 0.184 e. The van der Waals surface area contributed by atoms with Gasteiger partial charge in [-0.3, -0.25) is 9.59 Å². The van der Waals surface area contributed by atoms with E-state index in [4.69, 9.17) is 4.74 Å².